The maximum absolute atomic E-state index is 14.0. The normalized spacial score (nSPS) is 25.0. The fourth-order valence-corrected chi connectivity index (χ4v) is 3.71. The van der Waals surface area contributed by atoms with Crippen molar-refractivity contribution in [2.45, 2.75) is 52.9 Å². The van der Waals surface area contributed by atoms with E-state index in [1.54, 1.807) is 12.1 Å². The van der Waals surface area contributed by atoms with Crippen LogP contribution in [-0.2, 0) is 6.42 Å². The highest BCUT2D eigenvalue weighted by Crippen LogP contribution is 2.43. The molecule has 0 bridgehead atoms. The number of rotatable bonds is 6. The molecule has 1 N–H and O–H groups in total. The number of hydrogen-bond acceptors (Lipinski definition) is 1. The van der Waals surface area contributed by atoms with Crippen molar-refractivity contribution in [3.63, 3.8) is 0 Å². The second kappa shape index (κ2) is 7.40. The van der Waals surface area contributed by atoms with E-state index in [9.17, 15) is 4.39 Å². The van der Waals surface area contributed by atoms with Crippen LogP contribution in [0.5, 0.6) is 0 Å². The summed E-state index contributed by atoms with van der Waals surface area (Å²) < 4.78 is 14.0. The predicted molar refractivity (Wildman–Crippen MR) is 87.9 cm³/mol. The molecule has 1 fully saturated rings. The minimum atomic E-state index is -0.0406. The molecule has 0 radical (unpaired) electrons. The van der Waals surface area contributed by atoms with Crippen LogP contribution in [0, 0.1) is 23.1 Å². The van der Waals surface area contributed by atoms with Gasteiger partial charge < -0.3 is 5.32 Å². The van der Waals surface area contributed by atoms with E-state index in [1.807, 2.05) is 12.1 Å². The smallest absolute Gasteiger partial charge is 0.126 e. The molecule has 2 rings (SSSR count). The Hall–Kier alpha value is -0.890. The minimum Gasteiger partial charge on any atom is -0.316 e. The van der Waals surface area contributed by atoms with E-state index in [2.05, 4.69) is 26.1 Å². The van der Waals surface area contributed by atoms with Gasteiger partial charge in [0.2, 0.25) is 0 Å². The summed E-state index contributed by atoms with van der Waals surface area (Å²) in [4.78, 5) is 0. The molecule has 1 saturated carbocycles. The Bertz CT molecular complexity index is 441. The van der Waals surface area contributed by atoms with Crippen molar-refractivity contribution in [2.24, 2.45) is 17.3 Å². The zero-order chi connectivity index (χ0) is 15.3. The monoisotopic (exact) mass is 291 g/mol. The molecule has 0 aromatic heterocycles. The summed E-state index contributed by atoms with van der Waals surface area (Å²) >= 11 is 0. The zero-order valence-corrected chi connectivity index (χ0v) is 13.8. The topological polar surface area (TPSA) is 12.0 Å². The fraction of sp³-hybridized carbons (Fsp3) is 0.684. The van der Waals surface area contributed by atoms with Crippen LogP contribution in [-0.4, -0.2) is 13.1 Å². The lowest BCUT2D eigenvalue weighted by Crippen LogP contribution is -2.37. The first-order valence-electron chi connectivity index (χ1n) is 8.46. The van der Waals surface area contributed by atoms with Crippen LogP contribution >= 0.6 is 0 Å². The van der Waals surface area contributed by atoms with Gasteiger partial charge in [-0.3, -0.25) is 0 Å². The summed E-state index contributed by atoms with van der Waals surface area (Å²) in [5, 5.41) is 3.57. The molecular formula is C19H30FN. The molecule has 0 aliphatic heterocycles. The molecule has 21 heavy (non-hydrogen) atoms. The molecule has 2 heteroatoms. The fourth-order valence-electron chi connectivity index (χ4n) is 3.71. The molecule has 118 valence electrons. The summed E-state index contributed by atoms with van der Waals surface area (Å²) in [5.41, 5.74) is 1.29. The van der Waals surface area contributed by atoms with E-state index >= 15 is 0 Å². The predicted octanol–water partition coefficient (Wildman–Crippen LogP) is 4.81. The molecule has 1 aromatic carbocycles. The molecular weight excluding hydrogens is 261 g/mol. The standard InChI is InChI=1S/C19H30FN/c1-4-11-21-14-16-9-10-19(2,3)13-17(16)12-15-7-5-6-8-18(15)20/h5-8,16-17,21H,4,9-14H2,1-3H3. The molecule has 0 spiro atoms. The van der Waals surface area contributed by atoms with E-state index in [0.717, 1.165) is 25.1 Å². The van der Waals surface area contributed by atoms with E-state index in [4.69, 9.17) is 0 Å². The third-order valence-electron chi connectivity index (χ3n) is 4.95. The van der Waals surface area contributed by atoms with Crippen molar-refractivity contribution < 1.29 is 4.39 Å². The zero-order valence-electron chi connectivity index (χ0n) is 13.8. The van der Waals surface area contributed by atoms with Gasteiger partial charge in [0, 0.05) is 0 Å². The van der Waals surface area contributed by atoms with Crippen LogP contribution in [0.4, 0.5) is 4.39 Å². The second-order valence-corrected chi connectivity index (χ2v) is 7.43. The quantitative estimate of drug-likeness (QED) is 0.742. The molecule has 0 heterocycles. The van der Waals surface area contributed by atoms with Gasteiger partial charge in [-0.25, -0.2) is 4.39 Å². The molecule has 2 unspecified atom stereocenters. The Morgan fingerprint density at radius 1 is 1.24 bits per heavy atom. The van der Waals surface area contributed by atoms with Crippen molar-refractivity contribution in [2.75, 3.05) is 13.1 Å². The maximum atomic E-state index is 14.0. The van der Waals surface area contributed by atoms with E-state index in [0.29, 0.717) is 17.3 Å². The lowest BCUT2D eigenvalue weighted by atomic mass is 9.65. The molecule has 1 aliphatic rings. The first-order chi connectivity index (χ1) is 10.0. The summed E-state index contributed by atoms with van der Waals surface area (Å²) in [5.74, 6) is 1.24. The van der Waals surface area contributed by atoms with Crippen molar-refractivity contribution in [3.8, 4) is 0 Å². The van der Waals surface area contributed by atoms with Crippen LogP contribution in [0.3, 0.4) is 0 Å². The Labute approximate surface area is 129 Å². The first-order valence-corrected chi connectivity index (χ1v) is 8.46. The van der Waals surface area contributed by atoms with E-state index in [-0.39, 0.29) is 5.82 Å². The van der Waals surface area contributed by atoms with Crippen molar-refractivity contribution in [1.29, 1.82) is 0 Å². The first kappa shape index (κ1) is 16.5. The van der Waals surface area contributed by atoms with Gasteiger partial charge >= 0.3 is 0 Å². The number of hydrogen-bond donors (Lipinski definition) is 1. The maximum Gasteiger partial charge on any atom is 0.126 e. The van der Waals surface area contributed by atoms with Gasteiger partial charge in [-0.2, -0.15) is 0 Å². The van der Waals surface area contributed by atoms with Crippen molar-refractivity contribution in [1.82, 2.24) is 5.32 Å². The highest BCUT2D eigenvalue weighted by Gasteiger charge is 2.34. The van der Waals surface area contributed by atoms with Crippen LogP contribution in [0.1, 0.15) is 52.0 Å². The van der Waals surface area contributed by atoms with Gasteiger partial charge in [-0.15, -0.1) is 0 Å². The Balaban J connectivity index is 2.04. The van der Waals surface area contributed by atoms with Crippen LogP contribution < -0.4 is 5.32 Å². The second-order valence-electron chi connectivity index (χ2n) is 7.43. The van der Waals surface area contributed by atoms with Gasteiger partial charge in [0.05, 0.1) is 0 Å². The van der Waals surface area contributed by atoms with Crippen LogP contribution in [0.2, 0.25) is 0 Å². The lowest BCUT2D eigenvalue weighted by Gasteiger charge is -2.41. The molecule has 2 atom stereocenters. The van der Waals surface area contributed by atoms with Crippen LogP contribution in [0.25, 0.3) is 0 Å². The highest BCUT2D eigenvalue weighted by atomic mass is 19.1. The van der Waals surface area contributed by atoms with Gasteiger partial charge in [0.25, 0.3) is 0 Å². The third-order valence-corrected chi connectivity index (χ3v) is 4.95. The van der Waals surface area contributed by atoms with Crippen molar-refractivity contribution in [3.05, 3.63) is 35.6 Å². The lowest BCUT2D eigenvalue weighted by molar-refractivity contribution is 0.115. The van der Waals surface area contributed by atoms with Gasteiger partial charge in [0.1, 0.15) is 5.82 Å². The summed E-state index contributed by atoms with van der Waals surface area (Å²) in [6.07, 6.45) is 5.83. The minimum absolute atomic E-state index is 0.0406. The Morgan fingerprint density at radius 3 is 2.71 bits per heavy atom. The van der Waals surface area contributed by atoms with Crippen molar-refractivity contribution >= 4 is 0 Å². The number of benzene rings is 1. The Kier molecular flexibility index (Phi) is 5.80. The molecule has 0 saturated heterocycles. The SMILES string of the molecule is CCCNCC1CCC(C)(C)CC1Cc1ccccc1F. The summed E-state index contributed by atoms with van der Waals surface area (Å²) in [6.45, 7) is 9.09. The van der Waals surface area contributed by atoms with Gasteiger partial charge in [0.15, 0.2) is 0 Å². The number of halogens is 1. The number of nitrogens with one attached hydrogen (secondary N) is 1. The van der Waals surface area contributed by atoms with E-state index in [1.165, 1.54) is 25.7 Å². The summed E-state index contributed by atoms with van der Waals surface area (Å²) in [6, 6.07) is 7.28. The third kappa shape index (κ3) is 4.81. The average molecular weight is 291 g/mol. The molecule has 1 aromatic rings. The van der Waals surface area contributed by atoms with Crippen LogP contribution in [0.15, 0.2) is 24.3 Å². The molecule has 0 amide bonds. The van der Waals surface area contributed by atoms with Gasteiger partial charge in [-0.1, -0.05) is 39.0 Å². The summed E-state index contributed by atoms with van der Waals surface area (Å²) in [7, 11) is 0. The average Bonchev–Trinajstić information content (AvgIpc) is 2.43. The highest BCUT2D eigenvalue weighted by molar-refractivity contribution is 5.18. The van der Waals surface area contributed by atoms with E-state index < -0.39 is 0 Å². The molecule has 1 nitrogen and oxygen atoms in total. The largest absolute Gasteiger partial charge is 0.316 e. The molecule has 1 aliphatic carbocycles. The van der Waals surface area contributed by atoms with Gasteiger partial charge in [-0.05, 0) is 74.1 Å². The Morgan fingerprint density at radius 2 is 2.00 bits per heavy atom.